The third-order valence-corrected chi connectivity index (χ3v) is 3.24. The molecule has 1 heterocycles. The van der Waals surface area contributed by atoms with Gasteiger partial charge in [-0.15, -0.1) is 0 Å². The maximum absolute atomic E-state index is 13.2. The van der Waals surface area contributed by atoms with Crippen molar-refractivity contribution in [3.05, 3.63) is 29.6 Å². The predicted octanol–water partition coefficient (Wildman–Crippen LogP) is 1.46. The molecule has 5 nitrogen and oxygen atoms in total. The molecular weight excluding hydrogens is 251 g/mol. The molecule has 19 heavy (non-hydrogen) atoms. The Morgan fingerprint density at radius 1 is 1.63 bits per heavy atom. The van der Waals surface area contributed by atoms with Gasteiger partial charge in [-0.3, -0.25) is 4.90 Å². The van der Waals surface area contributed by atoms with Gasteiger partial charge in [0.05, 0.1) is 7.11 Å². The van der Waals surface area contributed by atoms with Crippen molar-refractivity contribution < 1.29 is 19.0 Å². The molecule has 1 aliphatic rings. The van der Waals surface area contributed by atoms with Crippen LogP contribution in [0.1, 0.15) is 12.0 Å². The van der Waals surface area contributed by atoms with Crippen LogP contribution in [0.2, 0.25) is 0 Å². The van der Waals surface area contributed by atoms with E-state index in [1.807, 2.05) is 0 Å². The average Bonchev–Trinajstić information content (AvgIpc) is 2.82. The number of nitrogens with one attached hydrogen (secondary N) is 1. The number of methoxy groups -OCH3 is 1. The minimum absolute atomic E-state index is 0.0307. The van der Waals surface area contributed by atoms with Gasteiger partial charge in [0.15, 0.2) is 11.6 Å². The second-order valence-corrected chi connectivity index (χ2v) is 4.60. The summed E-state index contributed by atoms with van der Waals surface area (Å²) in [6.45, 7) is 1.90. The first kappa shape index (κ1) is 13.6. The van der Waals surface area contributed by atoms with Crippen LogP contribution in [0.25, 0.3) is 0 Å². The van der Waals surface area contributed by atoms with Crippen molar-refractivity contribution in [3.8, 4) is 5.75 Å². The number of amides is 1. The number of carbonyl (C=O) groups excluding carboxylic acids is 1. The lowest BCUT2D eigenvalue weighted by atomic mass is 10.2. The van der Waals surface area contributed by atoms with E-state index in [0.29, 0.717) is 18.7 Å². The van der Waals surface area contributed by atoms with E-state index in [2.05, 4.69) is 15.0 Å². The number of halogens is 1. The molecule has 1 saturated heterocycles. The summed E-state index contributed by atoms with van der Waals surface area (Å²) in [7, 11) is 1.33. The molecule has 2 N–H and O–H groups in total. The summed E-state index contributed by atoms with van der Waals surface area (Å²) in [5.74, 6) is -0.909. The van der Waals surface area contributed by atoms with Gasteiger partial charge >= 0.3 is 6.09 Å². The zero-order valence-corrected chi connectivity index (χ0v) is 10.7. The lowest BCUT2D eigenvalue weighted by molar-refractivity contribution is 0.166. The highest BCUT2D eigenvalue weighted by Crippen LogP contribution is 2.23. The fraction of sp³-hybridized carbons (Fsp3) is 0.462. The van der Waals surface area contributed by atoms with E-state index in [0.717, 1.165) is 13.0 Å². The topological polar surface area (TPSA) is 61.8 Å². The second kappa shape index (κ2) is 5.88. The molecule has 0 saturated carbocycles. The van der Waals surface area contributed by atoms with Crippen molar-refractivity contribution in [1.29, 1.82) is 0 Å². The number of benzene rings is 1. The molecule has 1 atom stereocenters. The molecule has 6 heteroatoms. The van der Waals surface area contributed by atoms with Crippen LogP contribution in [0.4, 0.5) is 9.18 Å². The Hall–Kier alpha value is -1.82. The van der Waals surface area contributed by atoms with Crippen LogP contribution in [0.15, 0.2) is 18.2 Å². The van der Waals surface area contributed by atoms with Crippen LogP contribution in [-0.2, 0) is 11.3 Å². The fourth-order valence-corrected chi connectivity index (χ4v) is 2.25. The van der Waals surface area contributed by atoms with Gasteiger partial charge in [0.25, 0.3) is 0 Å². The molecule has 0 aliphatic carbocycles. The van der Waals surface area contributed by atoms with Crippen molar-refractivity contribution in [2.24, 2.45) is 0 Å². The summed E-state index contributed by atoms with van der Waals surface area (Å²) in [6, 6.07) is 4.53. The number of aromatic hydroxyl groups is 1. The number of phenolic OH excluding ortho intramolecular Hbond substituents is 1. The van der Waals surface area contributed by atoms with E-state index in [-0.39, 0.29) is 11.8 Å². The number of rotatable bonds is 3. The third kappa shape index (κ3) is 3.35. The smallest absolute Gasteiger partial charge is 0.407 e. The van der Waals surface area contributed by atoms with E-state index in [1.165, 1.54) is 13.2 Å². The van der Waals surface area contributed by atoms with E-state index in [9.17, 15) is 14.3 Å². The van der Waals surface area contributed by atoms with Crippen LogP contribution in [0.3, 0.4) is 0 Å². The number of hydrogen-bond acceptors (Lipinski definition) is 4. The first-order chi connectivity index (χ1) is 9.10. The molecule has 2 rings (SSSR count). The normalized spacial score (nSPS) is 19.4. The first-order valence-electron chi connectivity index (χ1n) is 6.13. The summed E-state index contributed by atoms with van der Waals surface area (Å²) in [6.07, 6.45) is 0.367. The van der Waals surface area contributed by atoms with Crippen molar-refractivity contribution in [1.82, 2.24) is 10.2 Å². The van der Waals surface area contributed by atoms with Crippen LogP contribution in [0, 0.1) is 5.82 Å². The molecule has 0 bridgehead atoms. The lowest BCUT2D eigenvalue weighted by Gasteiger charge is -2.17. The predicted molar refractivity (Wildman–Crippen MR) is 67.3 cm³/mol. The van der Waals surface area contributed by atoms with Gasteiger partial charge in [-0.05, 0) is 12.5 Å². The maximum Gasteiger partial charge on any atom is 0.407 e. The highest BCUT2D eigenvalue weighted by molar-refractivity contribution is 5.67. The largest absolute Gasteiger partial charge is 0.505 e. The van der Waals surface area contributed by atoms with Crippen molar-refractivity contribution in [2.45, 2.75) is 19.0 Å². The number of carbonyl (C=O) groups is 1. The standard InChI is InChI=1S/C13H17FN2O3/c1-19-13(18)15-10-5-6-16(8-10)7-9-3-2-4-11(14)12(9)17/h2-4,10,17H,5-8H2,1H3,(H,15,18). The van der Waals surface area contributed by atoms with Gasteiger partial charge in [-0.25, -0.2) is 9.18 Å². The van der Waals surface area contributed by atoms with Gasteiger partial charge in [-0.2, -0.15) is 0 Å². The molecule has 0 radical (unpaired) electrons. The minimum atomic E-state index is -0.610. The molecule has 1 fully saturated rings. The Morgan fingerprint density at radius 3 is 3.16 bits per heavy atom. The van der Waals surface area contributed by atoms with Crippen molar-refractivity contribution in [2.75, 3.05) is 20.2 Å². The number of ether oxygens (including phenoxy) is 1. The number of likely N-dealkylation sites (tertiary alicyclic amines) is 1. The number of phenols is 1. The van der Waals surface area contributed by atoms with Crippen molar-refractivity contribution >= 4 is 6.09 Å². The third-order valence-electron chi connectivity index (χ3n) is 3.24. The fourth-order valence-electron chi connectivity index (χ4n) is 2.25. The molecule has 1 aromatic carbocycles. The molecule has 0 spiro atoms. The molecule has 1 aliphatic heterocycles. The summed E-state index contributed by atoms with van der Waals surface area (Å²) < 4.78 is 17.7. The van der Waals surface area contributed by atoms with Crippen LogP contribution in [0.5, 0.6) is 5.75 Å². The van der Waals surface area contributed by atoms with E-state index < -0.39 is 11.9 Å². The summed E-state index contributed by atoms with van der Waals surface area (Å²) in [4.78, 5) is 13.1. The van der Waals surface area contributed by atoms with E-state index >= 15 is 0 Å². The Kier molecular flexibility index (Phi) is 4.21. The minimum Gasteiger partial charge on any atom is -0.505 e. The van der Waals surface area contributed by atoms with Crippen LogP contribution >= 0.6 is 0 Å². The number of para-hydroxylation sites is 1. The number of alkyl carbamates (subject to hydrolysis) is 1. The van der Waals surface area contributed by atoms with Gasteiger partial charge in [0, 0.05) is 31.2 Å². The highest BCUT2D eigenvalue weighted by atomic mass is 19.1. The van der Waals surface area contributed by atoms with Gasteiger partial charge in [-0.1, -0.05) is 12.1 Å². The van der Waals surface area contributed by atoms with E-state index in [1.54, 1.807) is 12.1 Å². The van der Waals surface area contributed by atoms with Gasteiger partial charge in [0.1, 0.15) is 0 Å². The molecule has 0 aromatic heterocycles. The molecular formula is C13H17FN2O3. The Labute approximate surface area is 111 Å². The second-order valence-electron chi connectivity index (χ2n) is 4.60. The van der Waals surface area contributed by atoms with E-state index in [4.69, 9.17) is 0 Å². The lowest BCUT2D eigenvalue weighted by Crippen LogP contribution is -2.36. The molecule has 104 valence electrons. The SMILES string of the molecule is COC(=O)NC1CCN(Cc2cccc(F)c2O)C1. The number of nitrogens with zero attached hydrogens (tertiary/aromatic N) is 1. The number of hydrogen-bond donors (Lipinski definition) is 2. The monoisotopic (exact) mass is 268 g/mol. The Balaban J connectivity index is 1.91. The van der Waals surface area contributed by atoms with Crippen LogP contribution in [-0.4, -0.2) is 42.3 Å². The molecule has 1 amide bonds. The summed E-state index contributed by atoms with van der Waals surface area (Å²) >= 11 is 0. The zero-order chi connectivity index (χ0) is 13.8. The average molecular weight is 268 g/mol. The molecule has 1 aromatic rings. The Bertz CT molecular complexity index is 467. The van der Waals surface area contributed by atoms with Gasteiger partial charge < -0.3 is 15.2 Å². The summed E-state index contributed by atoms with van der Waals surface area (Å²) in [5.41, 5.74) is 0.554. The first-order valence-corrected chi connectivity index (χ1v) is 6.13. The highest BCUT2D eigenvalue weighted by Gasteiger charge is 2.24. The zero-order valence-electron chi connectivity index (χ0n) is 10.7. The Morgan fingerprint density at radius 2 is 2.42 bits per heavy atom. The van der Waals surface area contributed by atoms with Gasteiger partial charge in [0.2, 0.25) is 0 Å². The summed E-state index contributed by atoms with van der Waals surface area (Å²) in [5, 5.41) is 12.3. The quantitative estimate of drug-likeness (QED) is 0.871. The van der Waals surface area contributed by atoms with Crippen LogP contribution < -0.4 is 5.32 Å². The molecule has 1 unspecified atom stereocenters. The maximum atomic E-state index is 13.2. The van der Waals surface area contributed by atoms with Crippen molar-refractivity contribution in [3.63, 3.8) is 0 Å².